The molecule has 0 heterocycles. The smallest absolute Gasteiger partial charge is 0.337 e. The van der Waals surface area contributed by atoms with Crippen LogP contribution in [0.3, 0.4) is 0 Å². The Balaban J connectivity index is 2.26. The minimum Gasteiger partial charge on any atom is -0.504 e. The number of ether oxygens (including phenoxy) is 1. The van der Waals surface area contributed by atoms with Crippen molar-refractivity contribution in [3.05, 3.63) is 53.6 Å². The van der Waals surface area contributed by atoms with Gasteiger partial charge in [-0.1, -0.05) is 12.1 Å². The second-order valence-electron chi connectivity index (χ2n) is 4.19. The fraction of sp³-hybridized carbons (Fsp3) is 0.0667. The molecule has 0 aliphatic rings. The monoisotopic (exact) mass is 287 g/mol. The lowest BCUT2D eigenvalue weighted by molar-refractivity contribution is 0.0698. The van der Waals surface area contributed by atoms with Crippen molar-refractivity contribution < 1.29 is 24.5 Å². The summed E-state index contributed by atoms with van der Waals surface area (Å²) in [6.45, 7) is 0. The van der Waals surface area contributed by atoms with Gasteiger partial charge in [-0.2, -0.15) is 0 Å². The van der Waals surface area contributed by atoms with Gasteiger partial charge >= 0.3 is 5.97 Å². The predicted octanol–water partition coefficient (Wildman–Crippen LogP) is 2.35. The summed E-state index contributed by atoms with van der Waals surface area (Å²) < 4.78 is 4.89. The predicted molar refractivity (Wildman–Crippen MR) is 76.0 cm³/mol. The van der Waals surface area contributed by atoms with Crippen LogP contribution in [0.15, 0.2) is 42.5 Å². The number of hydrogen-bond donors (Lipinski definition) is 3. The minimum atomic E-state index is -1.14. The number of rotatable bonds is 4. The molecule has 6 nitrogen and oxygen atoms in total. The Hall–Kier alpha value is -3.02. The van der Waals surface area contributed by atoms with E-state index in [4.69, 9.17) is 9.84 Å². The van der Waals surface area contributed by atoms with Gasteiger partial charge in [0.2, 0.25) is 0 Å². The van der Waals surface area contributed by atoms with E-state index < -0.39 is 11.9 Å². The van der Waals surface area contributed by atoms with Crippen molar-refractivity contribution in [2.45, 2.75) is 0 Å². The molecule has 6 heteroatoms. The van der Waals surface area contributed by atoms with Crippen molar-refractivity contribution in [1.82, 2.24) is 0 Å². The summed E-state index contributed by atoms with van der Waals surface area (Å²) in [6.07, 6.45) is 0. The van der Waals surface area contributed by atoms with Crippen LogP contribution >= 0.6 is 0 Å². The number of anilines is 1. The number of carboxylic acid groups (broad SMARTS) is 1. The summed E-state index contributed by atoms with van der Waals surface area (Å²) in [7, 11) is 1.40. The third kappa shape index (κ3) is 3.11. The Morgan fingerprint density at radius 3 is 2.48 bits per heavy atom. The molecule has 0 fully saturated rings. The number of carbonyl (C=O) groups excluding carboxylic acids is 1. The molecule has 0 saturated heterocycles. The van der Waals surface area contributed by atoms with Gasteiger partial charge in [0, 0.05) is 5.56 Å². The maximum Gasteiger partial charge on any atom is 0.337 e. The van der Waals surface area contributed by atoms with Gasteiger partial charge in [0.25, 0.3) is 5.91 Å². The summed E-state index contributed by atoms with van der Waals surface area (Å²) in [5.74, 6) is -1.58. The van der Waals surface area contributed by atoms with Crippen molar-refractivity contribution in [1.29, 1.82) is 0 Å². The summed E-state index contributed by atoms with van der Waals surface area (Å²) in [5, 5.41) is 21.2. The molecule has 0 radical (unpaired) electrons. The molecule has 0 atom stereocenters. The van der Waals surface area contributed by atoms with Crippen molar-refractivity contribution >= 4 is 17.6 Å². The zero-order valence-electron chi connectivity index (χ0n) is 11.2. The second-order valence-corrected chi connectivity index (χ2v) is 4.19. The van der Waals surface area contributed by atoms with E-state index in [0.717, 1.165) is 0 Å². The molecule has 0 saturated carbocycles. The molecular weight excluding hydrogens is 274 g/mol. The van der Waals surface area contributed by atoms with Gasteiger partial charge in [0.15, 0.2) is 11.5 Å². The number of benzene rings is 2. The van der Waals surface area contributed by atoms with E-state index in [-0.39, 0.29) is 28.3 Å². The lowest BCUT2D eigenvalue weighted by Crippen LogP contribution is -2.14. The minimum absolute atomic E-state index is 0.0106. The average Bonchev–Trinajstić information content (AvgIpc) is 2.47. The van der Waals surface area contributed by atoms with Crippen LogP contribution in [0.5, 0.6) is 11.5 Å². The Morgan fingerprint density at radius 2 is 1.86 bits per heavy atom. The van der Waals surface area contributed by atoms with Gasteiger partial charge < -0.3 is 20.3 Å². The van der Waals surface area contributed by atoms with Crippen LogP contribution in [0.1, 0.15) is 20.7 Å². The standard InChI is InChI=1S/C15H13NO5/c1-21-13-7-6-9(8-12(13)17)14(18)16-11-5-3-2-4-10(11)15(19)20/h2-8,17H,1H3,(H,16,18)(H,19,20). The van der Waals surface area contributed by atoms with Crippen LogP contribution in [0.2, 0.25) is 0 Å². The third-order valence-electron chi connectivity index (χ3n) is 2.85. The van der Waals surface area contributed by atoms with E-state index in [0.29, 0.717) is 0 Å². The number of nitrogens with one attached hydrogen (secondary N) is 1. The van der Waals surface area contributed by atoms with Crippen LogP contribution < -0.4 is 10.1 Å². The van der Waals surface area contributed by atoms with Crippen molar-refractivity contribution in [2.75, 3.05) is 12.4 Å². The SMILES string of the molecule is COc1ccc(C(=O)Nc2ccccc2C(=O)O)cc1O. The second kappa shape index (κ2) is 5.96. The lowest BCUT2D eigenvalue weighted by Gasteiger charge is -2.09. The summed E-state index contributed by atoms with van der Waals surface area (Å²) >= 11 is 0. The van der Waals surface area contributed by atoms with Gasteiger partial charge in [0.1, 0.15) is 0 Å². The Labute approximate surface area is 120 Å². The first-order valence-electron chi connectivity index (χ1n) is 6.03. The highest BCUT2D eigenvalue weighted by molar-refractivity contribution is 6.07. The quantitative estimate of drug-likeness (QED) is 0.802. The third-order valence-corrected chi connectivity index (χ3v) is 2.85. The molecule has 21 heavy (non-hydrogen) atoms. The number of aromatic hydroxyl groups is 1. The van der Waals surface area contributed by atoms with E-state index in [1.165, 1.54) is 37.4 Å². The topological polar surface area (TPSA) is 95.9 Å². The van der Waals surface area contributed by atoms with Gasteiger partial charge in [-0.25, -0.2) is 4.79 Å². The van der Waals surface area contributed by atoms with E-state index in [2.05, 4.69) is 5.32 Å². The molecular formula is C15H13NO5. The molecule has 1 amide bonds. The first-order chi connectivity index (χ1) is 10.0. The Bertz CT molecular complexity index is 696. The van der Waals surface area contributed by atoms with Crippen LogP contribution in [0, 0.1) is 0 Å². The zero-order chi connectivity index (χ0) is 15.4. The number of aromatic carboxylic acids is 1. The molecule has 2 rings (SSSR count). The molecule has 0 aliphatic carbocycles. The number of methoxy groups -OCH3 is 1. The van der Waals surface area contributed by atoms with Crippen molar-refractivity contribution in [2.24, 2.45) is 0 Å². The number of carboxylic acids is 1. The van der Waals surface area contributed by atoms with Gasteiger partial charge in [-0.05, 0) is 30.3 Å². The molecule has 0 aromatic heterocycles. The van der Waals surface area contributed by atoms with E-state index in [1.807, 2.05) is 0 Å². The van der Waals surface area contributed by atoms with E-state index in [9.17, 15) is 14.7 Å². The molecule has 0 spiro atoms. The van der Waals surface area contributed by atoms with E-state index in [1.54, 1.807) is 12.1 Å². The number of phenols is 1. The number of para-hydroxylation sites is 1. The van der Waals surface area contributed by atoms with Gasteiger partial charge in [0.05, 0.1) is 18.4 Å². The van der Waals surface area contributed by atoms with Crippen molar-refractivity contribution in [3.8, 4) is 11.5 Å². The normalized spacial score (nSPS) is 9.95. The Morgan fingerprint density at radius 1 is 1.14 bits per heavy atom. The first kappa shape index (κ1) is 14.4. The molecule has 2 aromatic rings. The van der Waals surface area contributed by atoms with Crippen LogP contribution in [0.25, 0.3) is 0 Å². The average molecular weight is 287 g/mol. The van der Waals surface area contributed by atoms with E-state index >= 15 is 0 Å². The molecule has 0 unspecified atom stereocenters. The Kier molecular flexibility index (Phi) is 4.08. The molecule has 0 bridgehead atoms. The molecule has 3 N–H and O–H groups in total. The summed E-state index contributed by atoms with van der Waals surface area (Å²) in [6, 6.07) is 10.2. The number of amides is 1. The number of carbonyl (C=O) groups is 2. The van der Waals surface area contributed by atoms with Crippen LogP contribution in [0.4, 0.5) is 5.69 Å². The maximum atomic E-state index is 12.1. The number of hydrogen-bond acceptors (Lipinski definition) is 4. The van der Waals surface area contributed by atoms with Crippen LogP contribution in [-0.4, -0.2) is 29.2 Å². The molecule has 108 valence electrons. The largest absolute Gasteiger partial charge is 0.504 e. The molecule has 2 aromatic carbocycles. The lowest BCUT2D eigenvalue weighted by atomic mass is 10.1. The highest BCUT2D eigenvalue weighted by Crippen LogP contribution is 2.26. The highest BCUT2D eigenvalue weighted by atomic mass is 16.5. The summed E-state index contributed by atoms with van der Waals surface area (Å²) in [4.78, 5) is 23.2. The van der Waals surface area contributed by atoms with Gasteiger partial charge in [-0.3, -0.25) is 4.79 Å². The van der Waals surface area contributed by atoms with Crippen LogP contribution in [-0.2, 0) is 0 Å². The zero-order valence-corrected chi connectivity index (χ0v) is 11.2. The first-order valence-corrected chi connectivity index (χ1v) is 6.03. The van der Waals surface area contributed by atoms with Gasteiger partial charge in [-0.15, -0.1) is 0 Å². The number of phenolic OH excluding ortho intramolecular Hbond substituents is 1. The molecule has 0 aliphatic heterocycles. The maximum absolute atomic E-state index is 12.1. The highest BCUT2D eigenvalue weighted by Gasteiger charge is 2.14. The van der Waals surface area contributed by atoms with Crippen molar-refractivity contribution in [3.63, 3.8) is 0 Å². The fourth-order valence-electron chi connectivity index (χ4n) is 1.80. The summed E-state index contributed by atoms with van der Waals surface area (Å²) in [5.41, 5.74) is 0.363. The fourth-order valence-corrected chi connectivity index (χ4v) is 1.80.